The maximum absolute atomic E-state index is 13.5. The van der Waals surface area contributed by atoms with Crippen molar-refractivity contribution in [2.75, 3.05) is 7.11 Å². The molecule has 0 N–H and O–H groups in total. The minimum atomic E-state index is -1.29. The number of hydrogen-bond donors (Lipinski definition) is 0. The first kappa shape index (κ1) is 16.4. The van der Waals surface area contributed by atoms with Crippen LogP contribution in [-0.4, -0.2) is 31.1 Å². The number of hydrogen-bond acceptors (Lipinski definition) is 6. The highest BCUT2D eigenvalue weighted by Crippen LogP contribution is 2.32. The van der Waals surface area contributed by atoms with Gasteiger partial charge in [0, 0.05) is 30.6 Å². The smallest absolute Gasteiger partial charge is 0.329 e. The lowest BCUT2D eigenvalue weighted by atomic mass is 10.1. The predicted molar refractivity (Wildman–Crippen MR) is 78.6 cm³/mol. The summed E-state index contributed by atoms with van der Waals surface area (Å²) in [5.41, 5.74) is 0.295. The van der Waals surface area contributed by atoms with Crippen molar-refractivity contribution in [2.24, 2.45) is 10.9 Å². The SMILES string of the molecule is COc1cc(N=CC2C(=O)OC(C)(C)OC2=O)c(Br)cc1F. The minimum absolute atomic E-state index is 0.00900. The van der Waals surface area contributed by atoms with E-state index in [1.807, 2.05) is 0 Å². The highest BCUT2D eigenvalue weighted by atomic mass is 79.9. The van der Waals surface area contributed by atoms with E-state index in [9.17, 15) is 14.0 Å². The summed E-state index contributed by atoms with van der Waals surface area (Å²) in [7, 11) is 1.32. The van der Waals surface area contributed by atoms with Crippen LogP contribution in [0.15, 0.2) is 21.6 Å². The molecule has 0 aromatic heterocycles. The van der Waals surface area contributed by atoms with Crippen molar-refractivity contribution in [1.29, 1.82) is 0 Å². The van der Waals surface area contributed by atoms with Gasteiger partial charge in [0.15, 0.2) is 17.5 Å². The summed E-state index contributed by atoms with van der Waals surface area (Å²) in [4.78, 5) is 27.6. The van der Waals surface area contributed by atoms with Crippen molar-refractivity contribution in [3.63, 3.8) is 0 Å². The maximum atomic E-state index is 13.5. The Labute approximate surface area is 134 Å². The molecule has 1 aromatic carbocycles. The fraction of sp³-hybridized carbons (Fsp3) is 0.357. The van der Waals surface area contributed by atoms with E-state index in [0.29, 0.717) is 10.2 Å². The van der Waals surface area contributed by atoms with E-state index in [2.05, 4.69) is 20.9 Å². The first-order chi connectivity index (χ1) is 10.2. The zero-order valence-corrected chi connectivity index (χ0v) is 13.6. The number of carbonyl (C=O) groups is 2. The average Bonchev–Trinajstić information content (AvgIpc) is 2.38. The molecule has 118 valence electrons. The number of methoxy groups -OCH3 is 1. The van der Waals surface area contributed by atoms with Gasteiger partial charge in [-0.2, -0.15) is 0 Å². The number of aliphatic imine (C=N–C) groups is 1. The molecule has 1 heterocycles. The molecule has 1 aliphatic rings. The van der Waals surface area contributed by atoms with Crippen LogP contribution in [0.25, 0.3) is 0 Å². The Hall–Kier alpha value is -1.96. The molecule has 22 heavy (non-hydrogen) atoms. The predicted octanol–water partition coefficient (Wildman–Crippen LogP) is 2.75. The Balaban J connectivity index is 2.25. The van der Waals surface area contributed by atoms with Gasteiger partial charge in [-0.25, -0.2) is 4.39 Å². The van der Waals surface area contributed by atoms with Crippen LogP contribution in [0.3, 0.4) is 0 Å². The molecule has 0 saturated carbocycles. The van der Waals surface area contributed by atoms with Gasteiger partial charge in [-0.3, -0.25) is 14.6 Å². The molecule has 1 fully saturated rings. The van der Waals surface area contributed by atoms with Crippen LogP contribution in [0, 0.1) is 11.7 Å². The second-order valence-electron chi connectivity index (χ2n) is 4.94. The van der Waals surface area contributed by atoms with Gasteiger partial charge in [-0.15, -0.1) is 0 Å². The highest BCUT2D eigenvalue weighted by Gasteiger charge is 2.42. The van der Waals surface area contributed by atoms with Crippen molar-refractivity contribution in [1.82, 2.24) is 0 Å². The number of cyclic esters (lactones) is 2. The van der Waals surface area contributed by atoms with Crippen molar-refractivity contribution in [3.05, 3.63) is 22.4 Å². The molecule has 0 aliphatic carbocycles. The Morgan fingerprint density at radius 2 is 1.91 bits per heavy atom. The van der Waals surface area contributed by atoms with Gasteiger partial charge in [0.1, 0.15) is 0 Å². The summed E-state index contributed by atoms with van der Waals surface area (Å²) in [5, 5.41) is 0. The Morgan fingerprint density at radius 1 is 1.32 bits per heavy atom. The largest absolute Gasteiger partial charge is 0.494 e. The number of ether oxygens (including phenoxy) is 3. The maximum Gasteiger partial charge on any atom is 0.329 e. The quantitative estimate of drug-likeness (QED) is 0.462. The molecular weight excluding hydrogens is 361 g/mol. The molecule has 2 rings (SSSR count). The highest BCUT2D eigenvalue weighted by molar-refractivity contribution is 9.10. The Morgan fingerprint density at radius 3 is 2.45 bits per heavy atom. The van der Waals surface area contributed by atoms with Crippen molar-refractivity contribution in [3.8, 4) is 5.75 Å². The van der Waals surface area contributed by atoms with Crippen LogP contribution < -0.4 is 4.74 Å². The van der Waals surface area contributed by atoms with Gasteiger partial charge >= 0.3 is 11.9 Å². The third-order valence-electron chi connectivity index (χ3n) is 2.78. The monoisotopic (exact) mass is 373 g/mol. The summed E-state index contributed by atoms with van der Waals surface area (Å²) < 4.78 is 28.6. The summed E-state index contributed by atoms with van der Waals surface area (Å²) in [5.74, 6) is -4.64. The van der Waals surface area contributed by atoms with Crippen molar-refractivity contribution >= 4 is 39.8 Å². The molecule has 0 radical (unpaired) electrons. The van der Waals surface area contributed by atoms with Gasteiger partial charge < -0.3 is 14.2 Å². The molecule has 1 aromatic rings. The molecule has 0 amide bonds. The van der Waals surface area contributed by atoms with Gasteiger partial charge in [0.05, 0.1) is 12.8 Å². The topological polar surface area (TPSA) is 74.2 Å². The van der Waals surface area contributed by atoms with E-state index in [4.69, 9.17) is 14.2 Å². The van der Waals surface area contributed by atoms with Crippen LogP contribution in [0.4, 0.5) is 10.1 Å². The van der Waals surface area contributed by atoms with Crippen molar-refractivity contribution < 1.29 is 28.2 Å². The van der Waals surface area contributed by atoms with E-state index in [1.165, 1.54) is 33.1 Å². The number of halogens is 2. The number of rotatable bonds is 3. The van der Waals surface area contributed by atoms with Crippen LogP contribution in [-0.2, 0) is 19.1 Å². The van der Waals surface area contributed by atoms with Crippen LogP contribution >= 0.6 is 15.9 Å². The molecule has 1 aliphatic heterocycles. The van der Waals surface area contributed by atoms with Gasteiger partial charge in [-0.1, -0.05) is 0 Å². The lowest BCUT2D eigenvalue weighted by Gasteiger charge is -2.31. The Kier molecular flexibility index (Phi) is 4.50. The zero-order valence-electron chi connectivity index (χ0n) is 12.1. The second-order valence-corrected chi connectivity index (χ2v) is 5.79. The summed E-state index contributed by atoms with van der Waals surface area (Å²) >= 11 is 3.14. The molecular formula is C14H13BrFNO5. The Bertz CT molecular complexity index is 639. The molecule has 0 bridgehead atoms. The first-order valence-corrected chi connectivity index (χ1v) is 7.06. The van der Waals surface area contributed by atoms with Crippen LogP contribution in [0.1, 0.15) is 13.8 Å². The molecule has 6 nitrogen and oxygen atoms in total. The van der Waals surface area contributed by atoms with E-state index >= 15 is 0 Å². The number of benzene rings is 1. The standard InChI is InChI=1S/C14H13BrFNO5/c1-14(2)21-12(18)7(13(19)22-14)6-17-10-5-11(20-3)9(16)4-8(10)15/h4-7H,1-3H3. The van der Waals surface area contributed by atoms with E-state index in [1.54, 1.807) is 0 Å². The molecule has 8 heteroatoms. The lowest BCUT2D eigenvalue weighted by molar-refractivity contribution is -0.235. The normalized spacial score (nSPS) is 18.2. The van der Waals surface area contributed by atoms with Crippen LogP contribution in [0.5, 0.6) is 5.75 Å². The average molecular weight is 374 g/mol. The minimum Gasteiger partial charge on any atom is -0.494 e. The number of carbonyl (C=O) groups excluding carboxylic acids is 2. The fourth-order valence-corrected chi connectivity index (χ4v) is 2.20. The number of nitrogens with zero attached hydrogens (tertiary/aromatic N) is 1. The van der Waals surface area contributed by atoms with Gasteiger partial charge in [0.25, 0.3) is 5.79 Å². The molecule has 0 spiro atoms. The second kappa shape index (κ2) is 6.04. The zero-order chi connectivity index (χ0) is 16.5. The van der Waals surface area contributed by atoms with E-state index < -0.39 is 29.5 Å². The van der Waals surface area contributed by atoms with Crippen LogP contribution in [0.2, 0.25) is 0 Å². The van der Waals surface area contributed by atoms with E-state index in [0.717, 1.165) is 6.21 Å². The summed E-state index contributed by atoms with van der Waals surface area (Å²) in [6, 6.07) is 2.51. The lowest BCUT2D eigenvalue weighted by Crippen LogP contribution is -2.46. The third-order valence-corrected chi connectivity index (χ3v) is 3.42. The van der Waals surface area contributed by atoms with Gasteiger partial charge in [0.2, 0.25) is 0 Å². The first-order valence-electron chi connectivity index (χ1n) is 6.26. The molecule has 1 saturated heterocycles. The molecule has 0 atom stereocenters. The number of esters is 2. The fourth-order valence-electron chi connectivity index (χ4n) is 1.78. The van der Waals surface area contributed by atoms with E-state index in [-0.39, 0.29) is 5.75 Å². The summed E-state index contributed by atoms with van der Waals surface area (Å²) in [6.07, 6.45) is 1.09. The molecule has 0 unspecified atom stereocenters. The summed E-state index contributed by atoms with van der Waals surface area (Å²) in [6.45, 7) is 2.91. The van der Waals surface area contributed by atoms with Crippen molar-refractivity contribution in [2.45, 2.75) is 19.6 Å². The van der Waals surface area contributed by atoms with Gasteiger partial charge in [-0.05, 0) is 22.0 Å². The third kappa shape index (κ3) is 3.44.